The number of nitrogens with zero attached hydrogens (tertiary/aromatic N) is 2. The number of aromatic nitrogens is 1. The lowest BCUT2D eigenvalue weighted by atomic mass is 10.2. The Morgan fingerprint density at radius 1 is 1.00 bits per heavy atom. The van der Waals surface area contributed by atoms with Gasteiger partial charge in [0.2, 0.25) is 5.91 Å². The number of benzene rings is 3. The molecule has 0 fully saturated rings. The van der Waals surface area contributed by atoms with E-state index in [0.717, 1.165) is 33.7 Å². The fraction of sp³-hybridized carbons (Fsp3) is 0.0833. The van der Waals surface area contributed by atoms with E-state index in [-0.39, 0.29) is 12.5 Å². The first-order valence-corrected chi connectivity index (χ1v) is 9.33. The zero-order valence-electron chi connectivity index (χ0n) is 16.1. The Kier molecular flexibility index (Phi) is 5.12. The van der Waals surface area contributed by atoms with Gasteiger partial charge in [-0.2, -0.15) is 0 Å². The van der Waals surface area contributed by atoms with Crippen molar-refractivity contribution in [3.8, 4) is 11.5 Å². The summed E-state index contributed by atoms with van der Waals surface area (Å²) in [4.78, 5) is 15.9. The molecule has 4 rings (SSSR count). The molecule has 2 N–H and O–H groups in total. The number of hydrogen-bond acceptors (Lipinski definition) is 3. The fourth-order valence-corrected chi connectivity index (χ4v) is 3.16. The first kappa shape index (κ1) is 18.5. The van der Waals surface area contributed by atoms with Crippen LogP contribution in [-0.4, -0.2) is 16.7 Å². The number of aryl methyl sites for hydroxylation is 1. The normalized spacial score (nSPS) is 11.2. The zero-order chi connectivity index (χ0) is 20.2. The van der Waals surface area contributed by atoms with Gasteiger partial charge in [-0.05, 0) is 49.4 Å². The van der Waals surface area contributed by atoms with Gasteiger partial charge in [0, 0.05) is 28.9 Å². The van der Waals surface area contributed by atoms with E-state index >= 15 is 0 Å². The molecule has 0 spiro atoms. The molecule has 0 unspecified atom stereocenters. The Morgan fingerprint density at radius 2 is 1.66 bits per heavy atom. The highest BCUT2D eigenvalue weighted by atomic mass is 16.5. The predicted octanol–water partition coefficient (Wildman–Crippen LogP) is 4.98. The average Bonchev–Trinajstić information content (AvgIpc) is 3.06. The van der Waals surface area contributed by atoms with Crippen LogP contribution in [0.3, 0.4) is 0 Å². The van der Waals surface area contributed by atoms with Crippen LogP contribution < -0.4 is 10.5 Å². The number of carbonyl (C=O) groups is 1. The number of ether oxygens (including phenoxy) is 1. The lowest BCUT2D eigenvalue weighted by molar-refractivity contribution is -0.118. The van der Waals surface area contributed by atoms with Crippen molar-refractivity contribution in [2.75, 3.05) is 0 Å². The third kappa shape index (κ3) is 4.35. The summed E-state index contributed by atoms with van der Waals surface area (Å²) in [7, 11) is 0. The molecule has 29 heavy (non-hydrogen) atoms. The highest BCUT2D eigenvalue weighted by molar-refractivity contribution is 6.00. The molecule has 5 heteroatoms. The van der Waals surface area contributed by atoms with Crippen LogP contribution in [0.5, 0.6) is 11.5 Å². The largest absolute Gasteiger partial charge is 0.457 e. The highest BCUT2D eigenvalue weighted by Gasteiger charge is 2.08. The van der Waals surface area contributed by atoms with Crippen molar-refractivity contribution in [2.24, 2.45) is 10.7 Å². The van der Waals surface area contributed by atoms with Crippen molar-refractivity contribution in [3.05, 3.63) is 90.1 Å². The molecule has 0 saturated heterocycles. The molecule has 0 bridgehead atoms. The molecule has 0 aliphatic carbocycles. The standard InChI is InChI=1S/C24H21N3O2/c1-17-6-10-20(11-7-17)29-21-12-8-19(9-13-21)26-14-18-15-27(16-24(25)28)23-5-3-2-4-22(18)23/h2-15H,16H2,1H3,(H2,25,28). The van der Waals surface area contributed by atoms with Gasteiger partial charge < -0.3 is 15.0 Å². The van der Waals surface area contributed by atoms with E-state index in [1.807, 2.05) is 90.5 Å². The lowest BCUT2D eigenvalue weighted by Crippen LogP contribution is -2.17. The molecule has 1 amide bonds. The molecular weight excluding hydrogens is 362 g/mol. The zero-order valence-corrected chi connectivity index (χ0v) is 16.1. The van der Waals surface area contributed by atoms with Gasteiger partial charge in [0.1, 0.15) is 18.0 Å². The molecule has 0 aliphatic rings. The van der Waals surface area contributed by atoms with Crippen molar-refractivity contribution >= 4 is 28.7 Å². The van der Waals surface area contributed by atoms with E-state index in [1.54, 1.807) is 6.21 Å². The topological polar surface area (TPSA) is 69.6 Å². The van der Waals surface area contributed by atoms with E-state index in [2.05, 4.69) is 4.99 Å². The van der Waals surface area contributed by atoms with Crippen LogP contribution in [0.4, 0.5) is 5.69 Å². The smallest absolute Gasteiger partial charge is 0.237 e. The molecule has 1 aromatic heterocycles. The van der Waals surface area contributed by atoms with Crippen molar-refractivity contribution < 1.29 is 9.53 Å². The second-order valence-corrected chi connectivity index (χ2v) is 6.86. The van der Waals surface area contributed by atoms with E-state index < -0.39 is 0 Å². The number of nitrogens with two attached hydrogens (primary N) is 1. The minimum atomic E-state index is -0.376. The summed E-state index contributed by atoms with van der Waals surface area (Å²) in [6, 6.07) is 23.4. The predicted molar refractivity (Wildman–Crippen MR) is 116 cm³/mol. The van der Waals surface area contributed by atoms with Gasteiger partial charge in [0.25, 0.3) is 0 Å². The third-order valence-corrected chi connectivity index (χ3v) is 4.59. The van der Waals surface area contributed by atoms with Crippen LogP contribution >= 0.6 is 0 Å². The number of primary amides is 1. The number of carbonyl (C=O) groups excluding carboxylic acids is 1. The van der Waals surface area contributed by atoms with Crippen molar-refractivity contribution in [1.82, 2.24) is 4.57 Å². The first-order chi connectivity index (χ1) is 14.1. The van der Waals surface area contributed by atoms with Gasteiger partial charge in [-0.1, -0.05) is 35.9 Å². The number of fused-ring (bicyclic) bond motifs is 1. The van der Waals surface area contributed by atoms with Gasteiger partial charge in [0.15, 0.2) is 0 Å². The van der Waals surface area contributed by atoms with E-state index in [0.29, 0.717) is 0 Å². The molecule has 0 atom stereocenters. The Morgan fingerprint density at radius 3 is 2.34 bits per heavy atom. The van der Waals surface area contributed by atoms with Gasteiger partial charge in [0.05, 0.1) is 5.69 Å². The minimum absolute atomic E-state index is 0.138. The summed E-state index contributed by atoms with van der Waals surface area (Å²) >= 11 is 0. The van der Waals surface area contributed by atoms with Gasteiger partial charge in [-0.15, -0.1) is 0 Å². The molecule has 5 nitrogen and oxygen atoms in total. The quantitative estimate of drug-likeness (QED) is 0.477. The summed E-state index contributed by atoms with van der Waals surface area (Å²) in [5.41, 5.74) is 9.25. The number of aliphatic imine (C=N–C) groups is 1. The Balaban J connectivity index is 1.53. The molecule has 1 heterocycles. The summed E-state index contributed by atoms with van der Waals surface area (Å²) in [6.07, 6.45) is 3.70. The number of amides is 1. The van der Waals surface area contributed by atoms with Crippen molar-refractivity contribution in [1.29, 1.82) is 0 Å². The van der Waals surface area contributed by atoms with Crippen molar-refractivity contribution in [2.45, 2.75) is 13.5 Å². The number of rotatable bonds is 6. The lowest BCUT2D eigenvalue weighted by Gasteiger charge is -2.06. The molecule has 3 aromatic carbocycles. The summed E-state index contributed by atoms with van der Waals surface area (Å²) in [5.74, 6) is 1.18. The number of hydrogen-bond donors (Lipinski definition) is 1. The van der Waals surface area contributed by atoms with Gasteiger partial charge >= 0.3 is 0 Å². The third-order valence-electron chi connectivity index (χ3n) is 4.59. The molecule has 0 aliphatic heterocycles. The maximum atomic E-state index is 11.3. The van der Waals surface area contributed by atoms with Crippen LogP contribution in [0, 0.1) is 6.92 Å². The monoisotopic (exact) mass is 383 g/mol. The minimum Gasteiger partial charge on any atom is -0.457 e. The van der Waals surface area contributed by atoms with E-state index in [1.165, 1.54) is 5.56 Å². The van der Waals surface area contributed by atoms with Crippen LogP contribution in [0.25, 0.3) is 10.9 Å². The van der Waals surface area contributed by atoms with Crippen LogP contribution in [0.1, 0.15) is 11.1 Å². The Hall–Kier alpha value is -3.86. The first-order valence-electron chi connectivity index (χ1n) is 9.33. The van der Waals surface area contributed by atoms with Crippen LogP contribution in [0.2, 0.25) is 0 Å². The molecule has 144 valence electrons. The van der Waals surface area contributed by atoms with Crippen molar-refractivity contribution in [3.63, 3.8) is 0 Å². The van der Waals surface area contributed by atoms with Gasteiger partial charge in [-0.25, -0.2) is 0 Å². The summed E-state index contributed by atoms with van der Waals surface area (Å²) in [5, 5.41) is 1.02. The Labute approximate surface area is 169 Å². The molecule has 0 radical (unpaired) electrons. The maximum Gasteiger partial charge on any atom is 0.237 e. The highest BCUT2D eigenvalue weighted by Crippen LogP contribution is 2.25. The maximum absolute atomic E-state index is 11.3. The number of para-hydroxylation sites is 1. The summed E-state index contributed by atoms with van der Waals surface area (Å²) in [6.45, 7) is 2.18. The van der Waals surface area contributed by atoms with Crippen LogP contribution in [-0.2, 0) is 11.3 Å². The van der Waals surface area contributed by atoms with E-state index in [4.69, 9.17) is 10.5 Å². The fourth-order valence-electron chi connectivity index (χ4n) is 3.16. The average molecular weight is 383 g/mol. The summed E-state index contributed by atoms with van der Waals surface area (Å²) < 4.78 is 7.69. The Bertz CT molecular complexity index is 1170. The second-order valence-electron chi connectivity index (χ2n) is 6.86. The molecule has 0 saturated carbocycles. The van der Waals surface area contributed by atoms with E-state index in [9.17, 15) is 4.79 Å². The SMILES string of the molecule is Cc1ccc(Oc2ccc(N=Cc3cn(CC(N)=O)c4ccccc34)cc2)cc1. The molecular formula is C24H21N3O2. The van der Waals surface area contributed by atoms with Gasteiger partial charge in [-0.3, -0.25) is 9.79 Å². The molecule has 4 aromatic rings. The van der Waals surface area contributed by atoms with Crippen LogP contribution in [0.15, 0.2) is 84.0 Å². The second kappa shape index (κ2) is 8.02.